The molecule has 1 aliphatic heterocycles. The maximum Gasteiger partial charge on any atom is 0.437 e. The molecular formula is C16H19N3O4S. The highest BCUT2D eigenvalue weighted by molar-refractivity contribution is 7.13. The highest BCUT2D eigenvalue weighted by atomic mass is 32.1. The number of carbonyl (C=O) groups excluding carboxylic acids is 1. The number of morpholine rings is 1. The second-order valence-electron chi connectivity index (χ2n) is 6.16. The molecule has 2 aliphatic rings. The summed E-state index contributed by atoms with van der Waals surface area (Å²) >= 11 is 1.44. The van der Waals surface area contributed by atoms with E-state index in [1.165, 1.54) is 11.3 Å². The predicted octanol–water partition coefficient (Wildman–Crippen LogP) is 1.73. The van der Waals surface area contributed by atoms with Gasteiger partial charge in [0.1, 0.15) is 6.54 Å². The summed E-state index contributed by atoms with van der Waals surface area (Å²) in [6, 6.07) is 3.82. The minimum Gasteiger partial charge on any atom is -0.387 e. The molecule has 0 spiro atoms. The Hall–Kier alpha value is -1.93. The Balaban J connectivity index is 1.50. The predicted molar refractivity (Wildman–Crippen MR) is 87.8 cm³/mol. The van der Waals surface area contributed by atoms with Gasteiger partial charge in [-0.2, -0.15) is 4.68 Å². The zero-order chi connectivity index (χ0) is 16.5. The van der Waals surface area contributed by atoms with E-state index in [9.17, 15) is 9.59 Å². The molecule has 7 nitrogen and oxygen atoms in total. The summed E-state index contributed by atoms with van der Waals surface area (Å²) in [7, 11) is 0. The Bertz CT molecular complexity index is 765. The maximum absolute atomic E-state index is 12.7. The van der Waals surface area contributed by atoms with Crippen molar-refractivity contribution >= 4 is 17.2 Å². The second kappa shape index (κ2) is 6.52. The van der Waals surface area contributed by atoms with E-state index in [1.807, 2.05) is 22.4 Å². The van der Waals surface area contributed by atoms with Crippen LogP contribution in [0.3, 0.4) is 0 Å². The van der Waals surface area contributed by atoms with Crippen molar-refractivity contribution in [1.29, 1.82) is 0 Å². The molecule has 0 bridgehead atoms. The summed E-state index contributed by atoms with van der Waals surface area (Å²) in [4.78, 5) is 27.3. The summed E-state index contributed by atoms with van der Waals surface area (Å²) in [5.74, 6) is -0.427. The van der Waals surface area contributed by atoms with Gasteiger partial charge in [-0.15, -0.1) is 16.4 Å². The molecule has 0 aromatic carbocycles. The van der Waals surface area contributed by atoms with Crippen molar-refractivity contribution in [3.63, 3.8) is 0 Å². The normalized spacial score (nSPS) is 23.9. The van der Waals surface area contributed by atoms with Crippen LogP contribution >= 0.6 is 11.3 Å². The van der Waals surface area contributed by atoms with Gasteiger partial charge >= 0.3 is 5.76 Å². The number of rotatable bonds is 3. The lowest BCUT2D eigenvalue weighted by molar-refractivity contribution is -0.150. The summed E-state index contributed by atoms with van der Waals surface area (Å²) in [5.41, 5.74) is 0. The van der Waals surface area contributed by atoms with Crippen LogP contribution in [0.5, 0.6) is 0 Å². The topological polar surface area (TPSA) is 77.6 Å². The zero-order valence-electron chi connectivity index (χ0n) is 13.2. The van der Waals surface area contributed by atoms with Crippen molar-refractivity contribution in [2.24, 2.45) is 0 Å². The van der Waals surface area contributed by atoms with E-state index >= 15 is 0 Å². The first-order valence-corrected chi connectivity index (χ1v) is 9.13. The van der Waals surface area contributed by atoms with Crippen LogP contribution in [0.25, 0.3) is 10.8 Å². The molecule has 1 amide bonds. The van der Waals surface area contributed by atoms with Gasteiger partial charge in [-0.3, -0.25) is 4.79 Å². The average Bonchev–Trinajstić information content (AvgIpc) is 3.25. The van der Waals surface area contributed by atoms with Gasteiger partial charge in [-0.25, -0.2) is 4.79 Å². The maximum atomic E-state index is 12.7. The molecule has 2 unspecified atom stereocenters. The molecule has 24 heavy (non-hydrogen) atoms. The molecule has 3 heterocycles. The smallest absolute Gasteiger partial charge is 0.387 e. The number of amides is 1. The molecule has 1 saturated carbocycles. The number of hydrogen-bond acceptors (Lipinski definition) is 6. The number of hydrogen-bond donors (Lipinski definition) is 0. The van der Waals surface area contributed by atoms with E-state index in [4.69, 9.17) is 9.15 Å². The fraction of sp³-hybridized carbons (Fsp3) is 0.562. The largest absolute Gasteiger partial charge is 0.437 e. The summed E-state index contributed by atoms with van der Waals surface area (Å²) < 4.78 is 12.1. The highest BCUT2D eigenvalue weighted by Gasteiger charge is 2.36. The molecule has 2 atom stereocenters. The summed E-state index contributed by atoms with van der Waals surface area (Å²) in [6.07, 6.45) is 4.36. The van der Waals surface area contributed by atoms with Gasteiger partial charge in [-0.05, 0) is 24.3 Å². The third-order valence-electron chi connectivity index (χ3n) is 4.68. The van der Waals surface area contributed by atoms with Gasteiger partial charge in [0.15, 0.2) is 0 Å². The molecule has 128 valence electrons. The summed E-state index contributed by atoms with van der Waals surface area (Å²) in [5, 5.41) is 6.05. The van der Waals surface area contributed by atoms with Crippen molar-refractivity contribution < 1.29 is 13.9 Å². The molecule has 0 radical (unpaired) electrons. The Morgan fingerprint density at radius 1 is 1.38 bits per heavy atom. The molecule has 2 aromatic rings. The lowest BCUT2D eigenvalue weighted by atomic mass is 9.90. The quantitative estimate of drug-likeness (QED) is 0.843. The first-order valence-electron chi connectivity index (χ1n) is 8.25. The molecule has 1 saturated heterocycles. The molecule has 4 rings (SSSR count). The van der Waals surface area contributed by atoms with E-state index in [0.29, 0.717) is 13.2 Å². The van der Waals surface area contributed by atoms with E-state index < -0.39 is 5.76 Å². The third-order valence-corrected chi connectivity index (χ3v) is 5.53. The van der Waals surface area contributed by atoms with Crippen molar-refractivity contribution in [2.75, 3.05) is 13.2 Å². The minimum absolute atomic E-state index is 0.0864. The van der Waals surface area contributed by atoms with Crippen molar-refractivity contribution in [3.05, 3.63) is 28.1 Å². The number of thiophene rings is 1. The van der Waals surface area contributed by atoms with E-state index in [0.717, 1.165) is 35.2 Å². The second-order valence-corrected chi connectivity index (χ2v) is 7.10. The standard InChI is InChI=1S/C16H19N3O4S/c20-14(18-7-8-22-12-5-2-1-4-11(12)18)10-19-16(21)23-15(17-19)13-6-3-9-24-13/h3,6,9,11-12H,1-2,4-5,7-8,10H2. The Morgan fingerprint density at radius 3 is 3.08 bits per heavy atom. The SMILES string of the molecule is O=C(Cn1nc(-c2cccs2)oc1=O)N1CCOC2CCCCC21. The highest BCUT2D eigenvalue weighted by Crippen LogP contribution is 2.28. The first-order chi connectivity index (χ1) is 11.7. The van der Waals surface area contributed by atoms with Gasteiger partial charge in [0.2, 0.25) is 5.91 Å². The monoisotopic (exact) mass is 349 g/mol. The van der Waals surface area contributed by atoms with E-state index in [-0.39, 0.29) is 30.5 Å². The first kappa shape index (κ1) is 15.6. The van der Waals surface area contributed by atoms with E-state index in [1.54, 1.807) is 0 Å². The van der Waals surface area contributed by atoms with Crippen LogP contribution < -0.4 is 5.76 Å². The van der Waals surface area contributed by atoms with Crippen LogP contribution in [-0.4, -0.2) is 45.9 Å². The molecule has 2 fully saturated rings. The lowest BCUT2D eigenvalue weighted by Gasteiger charge is -2.43. The van der Waals surface area contributed by atoms with Gasteiger partial charge in [0.25, 0.3) is 5.89 Å². The van der Waals surface area contributed by atoms with Gasteiger partial charge in [-0.1, -0.05) is 18.9 Å². The fourth-order valence-corrected chi connectivity index (χ4v) is 4.18. The van der Waals surface area contributed by atoms with Crippen LogP contribution in [0, 0.1) is 0 Å². The average molecular weight is 349 g/mol. The van der Waals surface area contributed by atoms with E-state index in [2.05, 4.69) is 5.10 Å². The number of nitrogens with zero attached hydrogens (tertiary/aromatic N) is 3. The van der Waals surface area contributed by atoms with Crippen molar-refractivity contribution in [1.82, 2.24) is 14.7 Å². The third kappa shape index (κ3) is 2.91. The number of ether oxygens (including phenoxy) is 1. The Kier molecular flexibility index (Phi) is 4.24. The summed E-state index contributed by atoms with van der Waals surface area (Å²) in [6.45, 7) is 1.04. The lowest BCUT2D eigenvalue weighted by Crippen LogP contribution is -2.55. The fourth-order valence-electron chi connectivity index (χ4n) is 3.53. The zero-order valence-corrected chi connectivity index (χ0v) is 14.0. The number of carbonyl (C=O) groups is 1. The van der Waals surface area contributed by atoms with Gasteiger partial charge < -0.3 is 14.1 Å². The molecular weight excluding hydrogens is 330 g/mol. The minimum atomic E-state index is -0.597. The van der Waals surface area contributed by atoms with Gasteiger partial charge in [0.05, 0.1) is 23.6 Å². The Morgan fingerprint density at radius 2 is 2.25 bits per heavy atom. The molecule has 2 aromatic heterocycles. The number of aromatic nitrogens is 2. The van der Waals surface area contributed by atoms with Crippen LogP contribution in [-0.2, 0) is 16.1 Å². The van der Waals surface area contributed by atoms with Crippen molar-refractivity contribution in [2.45, 2.75) is 44.4 Å². The van der Waals surface area contributed by atoms with Crippen LogP contribution in [0.4, 0.5) is 0 Å². The van der Waals surface area contributed by atoms with Gasteiger partial charge in [0, 0.05) is 6.54 Å². The molecule has 8 heteroatoms. The molecule has 0 N–H and O–H groups in total. The molecule has 1 aliphatic carbocycles. The Labute approximate surface area is 142 Å². The van der Waals surface area contributed by atoms with Crippen molar-refractivity contribution in [3.8, 4) is 10.8 Å². The number of fused-ring (bicyclic) bond motifs is 1. The van der Waals surface area contributed by atoms with Crippen LogP contribution in [0.15, 0.2) is 26.7 Å². The van der Waals surface area contributed by atoms with Crippen LogP contribution in [0.1, 0.15) is 25.7 Å². The van der Waals surface area contributed by atoms with Crippen LogP contribution in [0.2, 0.25) is 0 Å².